The largest absolute Gasteiger partial charge is 0.489 e. The third-order valence-electron chi connectivity index (χ3n) is 3.68. The molecule has 0 spiro atoms. The van der Waals surface area contributed by atoms with Gasteiger partial charge in [-0.2, -0.15) is 13.2 Å². The number of rotatable bonds is 9. The standard InChI is InChI=1S/C18H17F3N4O3S2/c1-27-6-7-28-13-5-4-11(18(19,20)21)9-12(13)22-15(26)10-30-17-23-16(24-25-17)14-3-2-8-29-14/h2-5,8-9H,6-7,10H2,1H3,(H,22,26)(H,23,24,25). The van der Waals surface area contributed by atoms with Gasteiger partial charge in [0.15, 0.2) is 5.82 Å². The van der Waals surface area contributed by atoms with Crippen molar-refractivity contribution < 1.29 is 27.4 Å². The number of H-pyrrole nitrogens is 1. The summed E-state index contributed by atoms with van der Waals surface area (Å²) in [5.74, 6) is 0.101. The van der Waals surface area contributed by atoms with Crippen LogP contribution in [0.4, 0.5) is 18.9 Å². The van der Waals surface area contributed by atoms with E-state index in [1.165, 1.54) is 24.5 Å². The zero-order valence-corrected chi connectivity index (χ0v) is 17.3. The number of thioether (sulfide) groups is 1. The molecule has 2 aromatic heterocycles. The van der Waals surface area contributed by atoms with Crippen LogP contribution in [0.15, 0.2) is 40.9 Å². The number of aromatic amines is 1. The molecular weight excluding hydrogens is 441 g/mol. The highest BCUT2D eigenvalue weighted by Crippen LogP contribution is 2.35. The van der Waals surface area contributed by atoms with E-state index in [-0.39, 0.29) is 30.4 Å². The van der Waals surface area contributed by atoms with Crippen LogP contribution in [0.1, 0.15) is 5.56 Å². The minimum absolute atomic E-state index is 0.0687. The summed E-state index contributed by atoms with van der Waals surface area (Å²) in [6.45, 7) is 0.379. The van der Waals surface area contributed by atoms with E-state index in [1.807, 2.05) is 17.5 Å². The van der Waals surface area contributed by atoms with Crippen LogP contribution in [-0.2, 0) is 15.7 Å². The quantitative estimate of drug-likeness (QED) is 0.367. The van der Waals surface area contributed by atoms with E-state index in [9.17, 15) is 18.0 Å². The van der Waals surface area contributed by atoms with E-state index < -0.39 is 17.6 Å². The van der Waals surface area contributed by atoms with Crippen LogP contribution in [0.3, 0.4) is 0 Å². The molecule has 0 aliphatic heterocycles. The van der Waals surface area contributed by atoms with Gasteiger partial charge in [0, 0.05) is 7.11 Å². The second kappa shape index (κ2) is 9.96. The summed E-state index contributed by atoms with van der Waals surface area (Å²) in [5, 5.41) is 11.5. The van der Waals surface area contributed by atoms with Gasteiger partial charge in [0.05, 0.1) is 28.5 Å². The van der Waals surface area contributed by atoms with Crippen molar-refractivity contribution in [1.82, 2.24) is 15.2 Å². The first kappa shape index (κ1) is 22.1. The Balaban J connectivity index is 1.65. The van der Waals surface area contributed by atoms with Crippen LogP contribution in [0.2, 0.25) is 0 Å². The number of carbonyl (C=O) groups is 1. The van der Waals surface area contributed by atoms with Crippen molar-refractivity contribution in [3.8, 4) is 16.5 Å². The first-order chi connectivity index (χ1) is 14.4. The van der Waals surface area contributed by atoms with Gasteiger partial charge in [0.2, 0.25) is 11.1 Å². The van der Waals surface area contributed by atoms with Crippen LogP contribution in [0.25, 0.3) is 10.7 Å². The molecule has 2 heterocycles. The molecule has 160 valence electrons. The van der Waals surface area contributed by atoms with E-state index >= 15 is 0 Å². The molecule has 0 unspecified atom stereocenters. The van der Waals surface area contributed by atoms with Crippen molar-refractivity contribution in [3.05, 3.63) is 41.3 Å². The Bertz CT molecular complexity index is 977. The Hall–Kier alpha value is -2.57. The van der Waals surface area contributed by atoms with Gasteiger partial charge in [-0.1, -0.05) is 17.8 Å². The van der Waals surface area contributed by atoms with Gasteiger partial charge in [-0.3, -0.25) is 9.89 Å². The predicted molar refractivity (Wildman–Crippen MR) is 108 cm³/mol. The van der Waals surface area contributed by atoms with Gasteiger partial charge < -0.3 is 14.8 Å². The van der Waals surface area contributed by atoms with E-state index in [1.54, 1.807) is 0 Å². The number of carbonyl (C=O) groups excluding carboxylic acids is 1. The first-order valence-corrected chi connectivity index (χ1v) is 10.5. The Morgan fingerprint density at radius 3 is 2.83 bits per heavy atom. The second-order valence-corrected chi connectivity index (χ2v) is 7.72. The normalized spacial score (nSPS) is 11.5. The number of ether oxygens (including phenoxy) is 2. The molecule has 0 saturated heterocycles. The van der Waals surface area contributed by atoms with Gasteiger partial charge in [0.1, 0.15) is 12.4 Å². The van der Waals surface area contributed by atoms with Crippen molar-refractivity contribution in [2.75, 3.05) is 31.4 Å². The average molecular weight is 458 g/mol. The lowest BCUT2D eigenvalue weighted by Crippen LogP contribution is -2.17. The minimum atomic E-state index is -4.55. The number of hydrogen-bond acceptors (Lipinski definition) is 7. The van der Waals surface area contributed by atoms with Crippen LogP contribution < -0.4 is 10.1 Å². The smallest absolute Gasteiger partial charge is 0.416 e. The summed E-state index contributed by atoms with van der Waals surface area (Å²) in [4.78, 5) is 17.5. The van der Waals surface area contributed by atoms with Crippen LogP contribution in [0.5, 0.6) is 5.75 Å². The number of halogens is 3. The topological polar surface area (TPSA) is 89.1 Å². The predicted octanol–water partition coefficient (Wildman–Crippen LogP) is 4.31. The van der Waals surface area contributed by atoms with Crippen molar-refractivity contribution in [2.45, 2.75) is 11.3 Å². The van der Waals surface area contributed by atoms with Crippen molar-refractivity contribution in [2.24, 2.45) is 0 Å². The van der Waals surface area contributed by atoms with Crippen LogP contribution >= 0.6 is 23.1 Å². The van der Waals surface area contributed by atoms with Crippen molar-refractivity contribution >= 4 is 34.7 Å². The summed E-state index contributed by atoms with van der Waals surface area (Å²) in [5.41, 5.74) is -0.958. The molecule has 0 radical (unpaired) electrons. The minimum Gasteiger partial charge on any atom is -0.489 e. The Kier molecular flexibility index (Phi) is 7.34. The van der Waals surface area contributed by atoms with Crippen molar-refractivity contribution in [3.63, 3.8) is 0 Å². The molecule has 0 aliphatic carbocycles. The molecule has 0 atom stereocenters. The van der Waals surface area contributed by atoms with Crippen molar-refractivity contribution in [1.29, 1.82) is 0 Å². The van der Waals surface area contributed by atoms with Gasteiger partial charge >= 0.3 is 6.18 Å². The monoisotopic (exact) mass is 458 g/mol. The maximum atomic E-state index is 13.0. The number of alkyl halides is 3. The molecule has 3 aromatic rings. The third kappa shape index (κ3) is 5.97. The molecule has 0 aliphatic rings. The first-order valence-electron chi connectivity index (χ1n) is 8.58. The molecule has 2 N–H and O–H groups in total. The number of nitrogens with one attached hydrogen (secondary N) is 2. The summed E-state index contributed by atoms with van der Waals surface area (Å²) >= 11 is 2.55. The van der Waals surface area contributed by atoms with Gasteiger partial charge in [-0.15, -0.1) is 16.4 Å². The highest BCUT2D eigenvalue weighted by atomic mass is 32.2. The Labute approximate surface area is 178 Å². The number of benzene rings is 1. The highest BCUT2D eigenvalue weighted by Gasteiger charge is 2.31. The molecule has 30 heavy (non-hydrogen) atoms. The Morgan fingerprint density at radius 2 is 2.13 bits per heavy atom. The van der Waals surface area contributed by atoms with Crippen LogP contribution in [0, 0.1) is 0 Å². The number of thiophene rings is 1. The lowest BCUT2D eigenvalue weighted by molar-refractivity contribution is -0.137. The zero-order chi connectivity index (χ0) is 21.6. The van der Waals surface area contributed by atoms with Gasteiger partial charge in [0.25, 0.3) is 0 Å². The van der Waals surface area contributed by atoms with Crippen LogP contribution in [-0.4, -0.2) is 47.2 Å². The number of nitrogens with zero attached hydrogens (tertiary/aromatic N) is 2. The number of methoxy groups -OCH3 is 1. The number of anilines is 1. The Morgan fingerprint density at radius 1 is 1.30 bits per heavy atom. The summed E-state index contributed by atoms with van der Waals surface area (Å²) < 4.78 is 49.4. The summed E-state index contributed by atoms with van der Waals surface area (Å²) in [6.07, 6.45) is -4.55. The number of amides is 1. The van der Waals surface area contributed by atoms with E-state index in [0.717, 1.165) is 28.8 Å². The molecule has 0 saturated carbocycles. The maximum Gasteiger partial charge on any atom is 0.416 e. The number of hydrogen-bond donors (Lipinski definition) is 2. The average Bonchev–Trinajstić information content (AvgIpc) is 3.38. The summed E-state index contributed by atoms with van der Waals surface area (Å²) in [6, 6.07) is 6.66. The SMILES string of the molecule is COCCOc1ccc(C(F)(F)F)cc1NC(=O)CSc1n[nH]c(-c2cccs2)n1. The lowest BCUT2D eigenvalue weighted by atomic mass is 10.1. The molecule has 1 amide bonds. The second-order valence-electron chi connectivity index (χ2n) is 5.83. The zero-order valence-electron chi connectivity index (χ0n) is 15.7. The fourth-order valence-electron chi connectivity index (χ4n) is 2.32. The van der Waals surface area contributed by atoms with E-state index in [2.05, 4.69) is 20.5 Å². The summed E-state index contributed by atoms with van der Waals surface area (Å²) in [7, 11) is 1.48. The van der Waals surface area contributed by atoms with Gasteiger partial charge in [-0.05, 0) is 29.6 Å². The molecule has 12 heteroatoms. The van der Waals surface area contributed by atoms with Gasteiger partial charge in [-0.25, -0.2) is 4.98 Å². The van der Waals surface area contributed by atoms with E-state index in [4.69, 9.17) is 9.47 Å². The highest BCUT2D eigenvalue weighted by molar-refractivity contribution is 7.99. The van der Waals surface area contributed by atoms with E-state index in [0.29, 0.717) is 11.0 Å². The molecule has 7 nitrogen and oxygen atoms in total. The molecule has 1 aromatic carbocycles. The molecule has 0 fully saturated rings. The molecule has 3 rings (SSSR count). The lowest BCUT2D eigenvalue weighted by Gasteiger charge is -2.15. The number of aromatic nitrogens is 3. The molecule has 0 bridgehead atoms. The molecular formula is C18H17F3N4O3S2. The fraction of sp³-hybridized carbons (Fsp3) is 0.278. The third-order valence-corrected chi connectivity index (χ3v) is 5.40. The fourth-order valence-corrected chi connectivity index (χ4v) is 3.58. The maximum absolute atomic E-state index is 13.0.